The van der Waals surface area contributed by atoms with Crippen molar-refractivity contribution < 1.29 is 14.3 Å². The van der Waals surface area contributed by atoms with Gasteiger partial charge in [0.2, 0.25) is 0 Å². The van der Waals surface area contributed by atoms with E-state index in [0.29, 0.717) is 24.2 Å². The topological polar surface area (TPSA) is 43.4 Å². The summed E-state index contributed by atoms with van der Waals surface area (Å²) in [5.74, 6) is 0.197. The third-order valence-electron chi connectivity index (χ3n) is 4.24. The quantitative estimate of drug-likeness (QED) is 0.411. The molecule has 1 aromatic rings. The van der Waals surface area contributed by atoms with Crippen LogP contribution in [0.25, 0.3) is 0 Å². The van der Waals surface area contributed by atoms with E-state index in [0.717, 1.165) is 18.4 Å². The van der Waals surface area contributed by atoms with Crippen molar-refractivity contribution >= 4 is 11.8 Å². The van der Waals surface area contributed by atoms with Gasteiger partial charge in [0.25, 0.3) is 0 Å². The number of carbonyl (C=O) groups excluding carboxylic acids is 2. The number of esters is 1. The lowest BCUT2D eigenvalue weighted by Crippen LogP contribution is -2.05. The zero-order chi connectivity index (χ0) is 17.1. The number of unbranched alkanes of at least 4 members (excludes halogenated alkanes) is 5. The predicted molar refractivity (Wildman–Crippen MR) is 93.8 cm³/mol. The largest absolute Gasteiger partial charge is 0.465 e. The SMILES string of the molecule is CCCCCCCCC(=O)C[C@@H](C)c1ccc(C(=O)OC)cc1. The van der Waals surface area contributed by atoms with Gasteiger partial charge in [-0.15, -0.1) is 0 Å². The number of carbonyl (C=O) groups is 2. The van der Waals surface area contributed by atoms with Gasteiger partial charge in [-0.3, -0.25) is 4.79 Å². The van der Waals surface area contributed by atoms with E-state index in [4.69, 9.17) is 0 Å². The molecular weight excluding hydrogens is 288 g/mol. The summed E-state index contributed by atoms with van der Waals surface area (Å²) in [6.07, 6.45) is 8.52. The first-order valence-electron chi connectivity index (χ1n) is 8.78. The molecule has 0 spiro atoms. The molecule has 0 aliphatic carbocycles. The summed E-state index contributed by atoms with van der Waals surface area (Å²) in [5, 5.41) is 0. The fraction of sp³-hybridized carbons (Fsp3) is 0.600. The minimum absolute atomic E-state index is 0.189. The predicted octanol–water partition coefficient (Wildman–Crippen LogP) is 5.29. The van der Waals surface area contributed by atoms with E-state index >= 15 is 0 Å². The molecule has 3 nitrogen and oxygen atoms in total. The highest BCUT2D eigenvalue weighted by Gasteiger charge is 2.12. The van der Waals surface area contributed by atoms with Crippen LogP contribution in [0.5, 0.6) is 0 Å². The highest BCUT2D eigenvalue weighted by atomic mass is 16.5. The van der Waals surface area contributed by atoms with Crippen LogP contribution in [0.15, 0.2) is 24.3 Å². The van der Waals surface area contributed by atoms with Gasteiger partial charge < -0.3 is 4.74 Å². The lowest BCUT2D eigenvalue weighted by atomic mass is 9.93. The molecule has 23 heavy (non-hydrogen) atoms. The Morgan fingerprint density at radius 1 is 1.00 bits per heavy atom. The number of ketones is 1. The minimum atomic E-state index is -0.330. The van der Waals surface area contributed by atoms with Crippen LogP contribution in [0, 0.1) is 0 Å². The molecule has 1 atom stereocenters. The first kappa shape index (κ1) is 19.4. The maximum Gasteiger partial charge on any atom is 0.337 e. The fourth-order valence-corrected chi connectivity index (χ4v) is 2.73. The van der Waals surface area contributed by atoms with Crippen molar-refractivity contribution in [1.82, 2.24) is 0 Å². The molecule has 0 aliphatic heterocycles. The Hall–Kier alpha value is -1.64. The van der Waals surface area contributed by atoms with Crippen LogP contribution in [-0.4, -0.2) is 18.9 Å². The Labute approximate surface area is 140 Å². The molecule has 0 aliphatic rings. The molecule has 0 N–H and O–H groups in total. The van der Waals surface area contributed by atoms with E-state index in [1.807, 2.05) is 12.1 Å². The number of benzene rings is 1. The minimum Gasteiger partial charge on any atom is -0.465 e. The van der Waals surface area contributed by atoms with E-state index in [1.165, 1.54) is 32.8 Å². The first-order chi connectivity index (χ1) is 11.1. The van der Waals surface area contributed by atoms with Gasteiger partial charge in [0.05, 0.1) is 12.7 Å². The molecule has 0 fully saturated rings. The van der Waals surface area contributed by atoms with Crippen LogP contribution < -0.4 is 0 Å². The van der Waals surface area contributed by atoms with Crippen LogP contribution in [0.1, 0.15) is 87.1 Å². The fourth-order valence-electron chi connectivity index (χ4n) is 2.73. The van der Waals surface area contributed by atoms with Crippen molar-refractivity contribution in [2.24, 2.45) is 0 Å². The molecule has 0 radical (unpaired) electrons. The van der Waals surface area contributed by atoms with Gasteiger partial charge in [0.15, 0.2) is 0 Å². The Bertz CT molecular complexity index is 476. The zero-order valence-electron chi connectivity index (χ0n) is 14.8. The summed E-state index contributed by atoms with van der Waals surface area (Å²) in [6.45, 7) is 4.27. The number of ether oxygens (including phenoxy) is 1. The van der Waals surface area contributed by atoms with Crippen LogP contribution in [-0.2, 0) is 9.53 Å². The Kier molecular flexibility index (Phi) is 9.27. The number of rotatable bonds is 11. The molecule has 0 heterocycles. The molecule has 0 amide bonds. The second-order valence-electron chi connectivity index (χ2n) is 6.28. The van der Waals surface area contributed by atoms with Crippen LogP contribution in [0.2, 0.25) is 0 Å². The third kappa shape index (κ3) is 7.45. The summed E-state index contributed by atoms with van der Waals surface area (Å²) in [4.78, 5) is 23.5. The highest BCUT2D eigenvalue weighted by molar-refractivity contribution is 5.89. The van der Waals surface area contributed by atoms with Gasteiger partial charge in [-0.25, -0.2) is 4.79 Å². The summed E-state index contributed by atoms with van der Waals surface area (Å²) in [7, 11) is 1.37. The summed E-state index contributed by atoms with van der Waals surface area (Å²) >= 11 is 0. The molecule has 1 rings (SSSR count). The number of Topliss-reactive ketones (excluding diaryl/α,β-unsaturated/α-hetero) is 1. The lowest BCUT2D eigenvalue weighted by molar-refractivity contribution is -0.119. The molecule has 1 aromatic carbocycles. The highest BCUT2D eigenvalue weighted by Crippen LogP contribution is 2.21. The van der Waals surface area contributed by atoms with E-state index < -0.39 is 0 Å². The second-order valence-corrected chi connectivity index (χ2v) is 6.28. The van der Waals surface area contributed by atoms with Gasteiger partial charge in [-0.2, -0.15) is 0 Å². The van der Waals surface area contributed by atoms with Crippen molar-refractivity contribution in [1.29, 1.82) is 0 Å². The average molecular weight is 318 g/mol. The van der Waals surface area contributed by atoms with Crippen molar-refractivity contribution in [2.45, 2.75) is 71.1 Å². The second kappa shape index (κ2) is 11.0. The van der Waals surface area contributed by atoms with Crippen molar-refractivity contribution in [3.8, 4) is 0 Å². The van der Waals surface area contributed by atoms with E-state index in [2.05, 4.69) is 18.6 Å². The summed E-state index contributed by atoms with van der Waals surface area (Å²) < 4.78 is 4.69. The smallest absolute Gasteiger partial charge is 0.337 e. The Morgan fingerprint density at radius 2 is 1.61 bits per heavy atom. The van der Waals surface area contributed by atoms with Gasteiger partial charge in [0.1, 0.15) is 5.78 Å². The zero-order valence-corrected chi connectivity index (χ0v) is 14.8. The number of methoxy groups -OCH3 is 1. The maximum absolute atomic E-state index is 12.1. The van der Waals surface area contributed by atoms with Crippen molar-refractivity contribution in [3.63, 3.8) is 0 Å². The molecule has 0 unspecified atom stereocenters. The molecular formula is C20H30O3. The van der Waals surface area contributed by atoms with Crippen molar-refractivity contribution in [2.75, 3.05) is 7.11 Å². The Morgan fingerprint density at radius 3 is 2.22 bits per heavy atom. The van der Waals surface area contributed by atoms with Crippen LogP contribution >= 0.6 is 0 Å². The van der Waals surface area contributed by atoms with E-state index in [1.54, 1.807) is 12.1 Å². The molecule has 0 bridgehead atoms. The summed E-state index contributed by atoms with van der Waals surface area (Å²) in [6, 6.07) is 7.34. The van der Waals surface area contributed by atoms with Gasteiger partial charge in [0, 0.05) is 12.8 Å². The van der Waals surface area contributed by atoms with Gasteiger partial charge in [-0.05, 0) is 30.0 Å². The Balaban J connectivity index is 2.33. The molecule has 0 aromatic heterocycles. The van der Waals surface area contributed by atoms with Gasteiger partial charge >= 0.3 is 5.97 Å². The van der Waals surface area contributed by atoms with Crippen molar-refractivity contribution in [3.05, 3.63) is 35.4 Å². The molecule has 128 valence electrons. The molecule has 0 saturated heterocycles. The number of hydrogen-bond acceptors (Lipinski definition) is 3. The summed E-state index contributed by atoms with van der Waals surface area (Å²) in [5.41, 5.74) is 1.64. The van der Waals surface area contributed by atoms with Gasteiger partial charge in [-0.1, -0.05) is 58.1 Å². The third-order valence-corrected chi connectivity index (χ3v) is 4.24. The van der Waals surface area contributed by atoms with Crippen LogP contribution in [0.3, 0.4) is 0 Å². The number of hydrogen-bond donors (Lipinski definition) is 0. The average Bonchev–Trinajstić information content (AvgIpc) is 2.57. The molecule has 0 saturated carbocycles. The van der Waals surface area contributed by atoms with E-state index in [9.17, 15) is 9.59 Å². The normalized spacial score (nSPS) is 12.0. The van der Waals surface area contributed by atoms with E-state index in [-0.39, 0.29) is 11.9 Å². The monoisotopic (exact) mass is 318 g/mol. The van der Waals surface area contributed by atoms with Crippen LogP contribution in [0.4, 0.5) is 0 Å². The maximum atomic E-state index is 12.1. The molecule has 3 heteroatoms. The lowest BCUT2D eigenvalue weighted by Gasteiger charge is -2.11. The standard InChI is InChI=1S/C20H30O3/c1-4-5-6-7-8-9-10-19(21)15-16(2)17-11-13-18(14-12-17)20(22)23-3/h11-14,16H,4-10,15H2,1-3H3/t16-/m1/s1. The first-order valence-corrected chi connectivity index (χ1v) is 8.78.